The van der Waals surface area contributed by atoms with Crippen LogP contribution in [0.2, 0.25) is 0 Å². The monoisotopic (exact) mass is 571 g/mol. The molecular formula is C35H33N5O3. The van der Waals surface area contributed by atoms with Gasteiger partial charge >= 0.3 is 0 Å². The Kier molecular flexibility index (Phi) is 7.77. The highest BCUT2D eigenvalue weighted by atomic mass is 16.2. The van der Waals surface area contributed by atoms with E-state index in [2.05, 4.69) is 44.9 Å². The first-order chi connectivity index (χ1) is 20.9. The molecule has 2 aliphatic rings. The van der Waals surface area contributed by atoms with Crippen LogP contribution in [0.25, 0.3) is 5.57 Å². The minimum Gasteiger partial charge on any atom is -0.369 e. The molecule has 2 heterocycles. The van der Waals surface area contributed by atoms with E-state index in [0.717, 1.165) is 43.0 Å². The molecule has 0 saturated carbocycles. The highest BCUT2D eigenvalue weighted by Crippen LogP contribution is 2.33. The zero-order valence-corrected chi connectivity index (χ0v) is 24.2. The molecule has 0 bridgehead atoms. The van der Waals surface area contributed by atoms with Gasteiger partial charge in [-0.15, -0.1) is 0 Å². The second-order valence-corrected chi connectivity index (χ2v) is 10.9. The molecule has 0 spiro atoms. The number of likely N-dealkylation sites (N-methyl/N-ethyl adjacent to an activating group) is 1. The molecule has 216 valence electrons. The Morgan fingerprint density at radius 3 is 2.33 bits per heavy atom. The van der Waals surface area contributed by atoms with Crippen molar-refractivity contribution in [1.29, 1.82) is 0 Å². The Balaban J connectivity index is 1.14. The summed E-state index contributed by atoms with van der Waals surface area (Å²) in [6.45, 7) is 5.99. The van der Waals surface area contributed by atoms with Crippen LogP contribution >= 0.6 is 0 Å². The van der Waals surface area contributed by atoms with Crippen molar-refractivity contribution in [2.45, 2.75) is 6.92 Å². The van der Waals surface area contributed by atoms with Crippen molar-refractivity contribution >= 4 is 45.9 Å². The van der Waals surface area contributed by atoms with Gasteiger partial charge in [0, 0.05) is 77.4 Å². The standard InChI is InChI=1S/C35H33N5O3/c1-23-6-3-4-9-29(23)34(42)37-27-8-5-7-24(20-27)33(41)25-10-15-30-31(35(43)38-32(30)21-25)22-36-26-11-13-28(14-12-26)40-18-16-39(2)17-19-40/h3-15,20-22,36H,16-19H2,1-2H3,(H,37,42)(H,38,43)/b31-22+. The molecule has 0 aliphatic carbocycles. The van der Waals surface area contributed by atoms with Crippen LogP contribution in [0.4, 0.5) is 22.7 Å². The first-order valence-electron chi connectivity index (χ1n) is 14.3. The molecule has 8 heteroatoms. The molecule has 43 heavy (non-hydrogen) atoms. The average Bonchev–Trinajstić information content (AvgIpc) is 3.34. The largest absolute Gasteiger partial charge is 0.369 e. The smallest absolute Gasteiger partial charge is 0.257 e. The summed E-state index contributed by atoms with van der Waals surface area (Å²) in [6.07, 6.45) is 1.70. The van der Waals surface area contributed by atoms with E-state index in [1.54, 1.807) is 54.7 Å². The first kappa shape index (κ1) is 27.9. The van der Waals surface area contributed by atoms with Gasteiger partial charge in [-0.2, -0.15) is 0 Å². The molecule has 0 radical (unpaired) electrons. The average molecular weight is 572 g/mol. The normalized spacial score (nSPS) is 15.6. The lowest BCUT2D eigenvalue weighted by Gasteiger charge is -2.34. The van der Waals surface area contributed by atoms with Crippen LogP contribution in [0.3, 0.4) is 0 Å². The highest BCUT2D eigenvalue weighted by Gasteiger charge is 2.25. The Morgan fingerprint density at radius 1 is 0.814 bits per heavy atom. The summed E-state index contributed by atoms with van der Waals surface area (Å²) in [7, 11) is 2.14. The van der Waals surface area contributed by atoms with E-state index in [0.29, 0.717) is 33.6 Å². The van der Waals surface area contributed by atoms with Crippen LogP contribution in [0.15, 0.2) is 97.2 Å². The lowest BCUT2D eigenvalue weighted by Crippen LogP contribution is -2.44. The van der Waals surface area contributed by atoms with Crippen molar-refractivity contribution in [1.82, 2.24) is 4.90 Å². The molecule has 8 nitrogen and oxygen atoms in total. The van der Waals surface area contributed by atoms with Gasteiger partial charge in [0.25, 0.3) is 11.8 Å². The number of amides is 2. The van der Waals surface area contributed by atoms with E-state index in [9.17, 15) is 14.4 Å². The van der Waals surface area contributed by atoms with E-state index < -0.39 is 0 Å². The van der Waals surface area contributed by atoms with E-state index >= 15 is 0 Å². The van der Waals surface area contributed by atoms with Gasteiger partial charge in [0.1, 0.15) is 0 Å². The summed E-state index contributed by atoms with van der Waals surface area (Å²) in [5.74, 6) is -0.677. The zero-order valence-electron chi connectivity index (χ0n) is 24.2. The number of benzene rings is 4. The third kappa shape index (κ3) is 6.05. The fraction of sp³-hybridized carbons (Fsp3) is 0.171. The molecule has 3 N–H and O–H groups in total. The van der Waals surface area contributed by atoms with Gasteiger partial charge in [0.2, 0.25) is 0 Å². The van der Waals surface area contributed by atoms with Crippen LogP contribution in [0.1, 0.15) is 37.4 Å². The minimum atomic E-state index is -0.234. The van der Waals surface area contributed by atoms with Gasteiger partial charge in [0.15, 0.2) is 5.78 Å². The van der Waals surface area contributed by atoms with Crippen molar-refractivity contribution in [2.24, 2.45) is 0 Å². The third-order valence-corrected chi connectivity index (χ3v) is 7.96. The number of ketones is 1. The Bertz CT molecular complexity index is 1740. The second-order valence-electron chi connectivity index (χ2n) is 10.9. The van der Waals surface area contributed by atoms with Crippen molar-refractivity contribution in [3.8, 4) is 0 Å². The molecule has 1 fully saturated rings. The van der Waals surface area contributed by atoms with Crippen LogP contribution in [0, 0.1) is 6.92 Å². The quantitative estimate of drug-likeness (QED) is 0.197. The maximum Gasteiger partial charge on any atom is 0.257 e. The number of hydrogen-bond donors (Lipinski definition) is 3. The zero-order chi connectivity index (χ0) is 29.9. The number of rotatable bonds is 7. The topological polar surface area (TPSA) is 93.8 Å². The molecule has 4 aromatic carbocycles. The molecule has 0 atom stereocenters. The van der Waals surface area contributed by atoms with Gasteiger partial charge < -0.3 is 25.8 Å². The first-order valence-corrected chi connectivity index (χ1v) is 14.3. The van der Waals surface area contributed by atoms with E-state index in [4.69, 9.17) is 0 Å². The number of piperazine rings is 1. The fourth-order valence-electron chi connectivity index (χ4n) is 5.40. The van der Waals surface area contributed by atoms with Gasteiger partial charge in [-0.05, 0) is 68.1 Å². The molecular weight excluding hydrogens is 538 g/mol. The number of carbonyl (C=O) groups is 3. The van der Waals surface area contributed by atoms with E-state index in [1.807, 2.05) is 37.3 Å². The number of carbonyl (C=O) groups excluding carboxylic acids is 3. The SMILES string of the molecule is Cc1ccccc1C(=O)Nc1cccc(C(=O)c2ccc3c(c2)NC(=O)/C3=C/Nc2ccc(N3CCN(C)CC3)cc2)c1. The molecule has 2 aliphatic heterocycles. The highest BCUT2D eigenvalue weighted by molar-refractivity contribution is 6.32. The molecule has 4 aromatic rings. The lowest BCUT2D eigenvalue weighted by atomic mass is 9.99. The Labute approximate surface area is 251 Å². The van der Waals surface area contributed by atoms with Crippen LogP contribution in [-0.2, 0) is 4.79 Å². The van der Waals surface area contributed by atoms with Crippen molar-refractivity contribution < 1.29 is 14.4 Å². The van der Waals surface area contributed by atoms with Crippen molar-refractivity contribution in [3.63, 3.8) is 0 Å². The number of fused-ring (bicyclic) bond motifs is 1. The van der Waals surface area contributed by atoms with Gasteiger partial charge in [0.05, 0.1) is 5.57 Å². The second kappa shape index (κ2) is 12.0. The predicted molar refractivity (Wildman–Crippen MR) is 172 cm³/mol. The molecule has 0 aromatic heterocycles. The van der Waals surface area contributed by atoms with Crippen molar-refractivity contribution in [3.05, 3.63) is 125 Å². The summed E-state index contributed by atoms with van der Waals surface area (Å²) in [5, 5.41) is 9.01. The van der Waals surface area contributed by atoms with E-state index in [-0.39, 0.29) is 17.6 Å². The number of nitrogens with zero attached hydrogens (tertiary/aromatic N) is 2. The summed E-state index contributed by atoms with van der Waals surface area (Å²) >= 11 is 0. The molecule has 0 unspecified atom stereocenters. The number of anilines is 4. The number of nitrogens with one attached hydrogen (secondary N) is 3. The maximum absolute atomic E-state index is 13.4. The van der Waals surface area contributed by atoms with Crippen LogP contribution in [0.5, 0.6) is 0 Å². The minimum absolute atomic E-state index is 0.208. The molecule has 2 amide bonds. The summed E-state index contributed by atoms with van der Waals surface area (Å²) in [6, 6.07) is 27.6. The van der Waals surface area contributed by atoms with Gasteiger partial charge in [-0.25, -0.2) is 0 Å². The van der Waals surface area contributed by atoms with Crippen molar-refractivity contribution in [2.75, 3.05) is 54.1 Å². The van der Waals surface area contributed by atoms with Gasteiger partial charge in [-0.1, -0.05) is 42.5 Å². The van der Waals surface area contributed by atoms with Gasteiger partial charge in [-0.3, -0.25) is 14.4 Å². The Hall–Kier alpha value is -5.21. The number of hydrogen-bond acceptors (Lipinski definition) is 6. The maximum atomic E-state index is 13.4. The third-order valence-electron chi connectivity index (χ3n) is 7.96. The summed E-state index contributed by atoms with van der Waals surface area (Å²) in [4.78, 5) is 43.7. The summed E-state index contributed by atoms with van der Waals surface area (Å²) in [5.41, 5.74) is 6.73. The molecule has 6 rings (SSSR count). The van der Waals surface area contributed by atoms with Crippen LogP contribution in [-0.4, -0.2) is 55.7 Å². The lowest BCUT2D eigenvalue weighted by molar-refractivity contribution is -0.110. The number of aryl methyl sites for hydroxylation is 1. The predicted octanol–water partition coefficient (Wildman–Crippen LogP) is 5.64. The summed E-state index contributed by atoms with van der Waals surface area (Å²) < 4.78 is 0. The van der Waals surface area contributed by atoms with E-state index in [1.165, 1.54) is 5.69 Å². The van der Waals surface area contributed by atoms with Crippen LogP contribution < -0.4 is 20.9 Å². The Morgan fingerprint density at radius 2 is 1.56 bits per heavy atom. The molecule has 1 saturated heterocycles. The fourth-order valence-corrected chi connectivity index (χ4v) is 5.40.